The number of nitrogens with zero attached hydrogens (tertiary/aromatic N) is 2. The van der Waals surface area contributed by atoms with E-state index in [1.54, 1.807) is 12.3 Å². The van der Waals surface area contributed by atoms with Gasteiger partial charge in [0.1, 0.15) is 12.0 Å². The fourth-order valence-electron chi connectivity index (χ4n) is 1.55. The Morgan fingerprint density at radius 1 is 0.867 bits per heavy atom. The first-order chi connectivity index (χ1) is 7.43. The van der Waals surface area contributed by atoms with Gasteiger partial charge in [-0.05, 0) is 12.1 Å². The molecule has 0 saturated heterocycles. The third kappa shape index (κ3) is 1.38. The molecule has 0 bridgehead atoms. The fourth-order valence-corrected chi connectivity index (χ4v) is 1.55. The van der Waals surface area contributed by atoms with E-state index in [1.807, 2.05) is 36.4 Å². The van der Waals surface area contributed by atoms with Crippen molar-refractivity contribution in [2.45, 2.75) is 0 Å². The second-order valence-electron chi connectivity index (χ2n) is 3.27. The molecule has 0 aliphatic rings. The summed E-state index contributed by atoms with van der Waals surface area (Å²) < 4.78 is 4.79. The van der Waals surface area contributed by atoms with Gasteiger partial charge >= 0.3 is 0 Å². The average Bonchev–Trinajstić information content (AvgIpc) is 2.82. The van der Waals surface area contributed by atoms with E-state index in [1.165, 1.54) is 0 Å². The van der Waals surface area contributed by atoms with Crippen LogP contribution >= 0.6 is 0 Å². The lowest BCUT2D eigenvalue weighted by Gasteiger charge is -1.98. The second-order valence-corrected chi connectivity index (χ2v) is 3.27. The van der Waals surface area contributed by atoms with Gasteiger partial charge in [0.2, 0.25) is 0 Å². The molecule has 0 aliphatic carbocycles. The third-order valence-corrected chi connectivity index (χ3v) is 2.30. The van der Waals surface area contributed by atoms with Crippen LogP contribution in [-0.2, 0) is 0 Å². The van der Waals surface area contributed by atoms with Crippen LogP contribution in [0.25, 0.3) is 22.3 Å². The molecule has 15 heavy (non-hydrogen) atoms. The molecule has 0 amide bonds. The molecule has 2 heterocycles. The van der Waals surface area contributed by atoms with E-state index in [-0.39, 0.29) is 0 Å². The standard InChI is InChI=1S/C12H8N2O/c1-2-4-10-9(3-1)5-6-11(13-10)12-7-8-15-14-12/h1-8H. The summed E-state index contributed by atoms with van der Waals surface area (Å²) in [4.78, 5) is 4.50. The predicted molar refractivity (Wildman–Crippen MR) is 57.2 cm³/mol. The smallest absolute Gasteiger partial charge is 0.132 e. The van der Waals surface area contributed by atoms with E-state index in [4.69, 9.17) is 4.52 Å². The summed E-state index contributed by atoms with van der Waals surface area (Å²) in [5, 5.41) is 4.99. The summed E-state index contributed by atoms with van der Waals surface area (Å²) in [6, 6.07) is 13.8. The van der Waals surface area contributed by atoms with Gasteiger partial charge in [-0.2, -0.15) is 0 Å². The summed E-state index contributed by atoms with van der Waals surface area (Å²) in [5.74, 6) is 0. The molecule has 0 radical (unpaired) electrons. The highest BCUT2D eigenvalue weighted by Crippen LogP contribution is 2.18. The molecule has 1 aromatic carbocycles. The van der Waals surface area contributed by atoms with E-state index in [0.29, 0.717) is 0 Å². The zero-order valence-corrected chi connectivity index (χ0v) is 7.92. The first-order valence-electron chi connectivity index (χ1n) is 4.70. The molecule has 0 saturated carbocycles. The number of rotatable bonds is 1. The van der Waals surface area contributed by atoms with E-state index >= 15 is 0 Å². The average molecular weight is 196 g/mol. The van der Waals surface area contributed by atoms with Gasteiger partial charge in [0.25, 0.3) is 0 Å². The molecule has 2 aromatic heterocycles. The van der Waals surface area contributed by atoms with E-state index in [2.05, 4.69) is 10.1 Å². The number of hydrogen-bond acceptors (Lipinski definition) is 3. The topological polar surface area (TPSA) is 38.9 Å². The Bertz CT molecular complexity index is 587. The highest BCUT2D eigenvalue weighted by molar-refractivity contribution is 5.80. The van der Waals surface area contributed by atoms with Crippen molar-refractivity contribution in [2.75, 3.05) is 0 Å². The molecule has 0 unspecified atom stereocenters. The van der Waals surface area contributed by atoms with Crippen molar-refractivity contribution >= 4 is 10.9 Å². The Morgan fingerprint density at radius 3 is 2.67 bits per heavy atom. The minimum absolute atomic E-state index is 0.765. The highest BCUT2D eigenvalue weighted by atomic mass is 16.5. The molecule has 0 N–H and O–H groups in total. The van der Waals surface area contributed by atoms with Crippen LogP contribution in [0.15, 0.2) is 53.3 Å². The number of fused-ring (bicyclic) bond motifs is 1. The van der Waals surface area contributed by atoms with Crippen molar-refractivity contribution in [2.24, 2.45) is 0 Å². The number of aromatic nitrogens is 2. The monoisotopic (exact) mass is 196 g/mol. The summed E-state index contributed by atoms with van der Waals surface area (Å²) in [6.45, 7) is 0. The zero-order valence-electron chi connectivity index (χ0n) is 7.92. The molecule has 3 rings (SSSR count). The molecule has 0 atom stereocenters. The predicted octanol–water partition coefficient (Wildman–Crippen LogP) is 2.89. The molecular weight excluding hydrogens is 188 g/mol. The van der Waals surface area contributed by atoms with Crippen LogP contribution in [0.2, 0.25) is 0 Å². The second kappa shape index (κ2) is 3.20. The van der Waals surface area contributed by atoms with Crippen molar-refractivity contribution in [1.82, 2.24) is 10.1 Å². The lowest BCUT2D eigenvalue weighted by molar-refractivity contribution is 0.422. The third-order valence-electron chi connectivity index (χ3n) is 2.30. The normalized spacial score (nSPS) is 10.7. The van der Waals surface area contributed by atoms with Crippen LogP contribution in [-0.4, -0.2) is 10.1 Å². The molecule has 3 nitrogen and oxygen atoms in total. The quantitative estimate of drug-likeness (QED) is 0.600. The van der Waals surface area contributed by atoms with Crippen LogP contribution in [0.1, 0.15) is 0 Å². The van der Waals surface area contributed by atoms with Crippen molar-refractivity contribution in [1.29, 1.82) is 0 Å². The van der Waals surface area contributed by atoms with Crippen LogP contribution in [0.3, 0.4) is 0 Å². The van der Waals surface area contributed by atoms with Gasteiger partial charge < -0.3 is 4.52 Å². The number of hydrogen-bond donors (Lipinski definition) is 0. The number of pyridine rings is 1. The largest absolute Gasteiger partial charge is 0.364 e. The van der Waals surface area contributed by atoms with Gasteiger partial charge in [0.15, 0.2) is 0 Å². The van der Waals surface area contributed by atoms with Crippen LogP contribution < -0.4 is 0 Å². The van der Waals surface area contributed by atoms with Crippen LogP contribution in [0, 0.1) is 0 Å². The van der Waals surface area contributed by atoms with Crippen LogP contribution in [0.5, 0.6) is 0 Å². The first kappa shape index (κ1) is 8.17. The van der Waals surface area contributed by atoms with Gasteiger partial charge in [0, 0.05) is 11.5 Å². The summed E-state index contributed by atoms with van der Waals surface area (Å²) >= 11 is 0. The minimum atomic E-state index is 0.765. The summed E-state index contributed by atoms with van der Waals surface area (Å²) in [5.41, 5.74) is 2.57. The Labute approximate surface area is 86.4 Å². The number of benzene rings is 1. The van der Waals surface area contributed by atoms with Crippen molar-refractivity contribution in [3.63, 3.8) is 0 Å². The van der Waals surface area contributed by atoms with Crippen molar-refractivity contribution < 1.29 is 4.52 Å². The van der Waals surface area contributed by atoms with Crippen molar-refractivity contribution in [3.05, 3.63) is 48.7 Å². The maximum atomic E-state index is 4.79. The Hall–Kier alpha value is -2.16. The van der Waals surface area contributed by atoms with Gasteiger partial charge in [-0.25, -0.2) is 4.98 Å². The lowest BCUT2D eigenvalue weighted by Crippen LogP contribution is -1.84. The van der Waals surface area contributed by atoms with E-state index in [0.717, 1.165) is 22.3 Å². The Balaban J connectivity index is 2.22. The maximum absolute atomic E-state index is 4.79. The Morgan fingerprint density at radius 2 is 1.80 bits per heavy atom. The maximum Gasteiger partial charge on any atom is 0.132 e. The van der Waals surface area contributed by atoms with Gasteiger partial charge in [-0.3, -0.25) is 0 Å². The molecular formula is C12H8N2O. The molecule has 3 heteroatoms. The lowest BCUT2D eigenvalue weighted by atomic mass is 10.2. The van der Waals surface area contributed by atoms with Crippen LogP contribution in [0.4, 0.5) is 0 Å². The molecule has 72 valence electrons. The van der Waals surface area contributed by atoms with Gasteiger partial charge in [0.05, 0.1) is 11.2 Å². The molecule has 0 fully saturated rings. The molecule has 0 aliphatic heterocycles. The SMILES string of the molecule is c1ccc2nc(-c3ccon3)ccc2c1. The van der Waals surface area contributed by atoms with Gasteiger partial charge in [-0.1, -0.05) is 29.4 Å². The number of para-hydroxylation sites is 1. The van der Waals surface area contributed by atoms with Crippen molar-refractivity contribution in [3.8, 4) is 11.4 Å². The minimum Gasteiger partial charge on any atom is -0.364 e. The summed E-state index contributed by atoms with van der Waals surface area (Å²) in [7, 11) is 0. The van der Waals surface area contributed by atoms with Gasteiger partial charge in [-0.15, -0.1) is 0 Å². The zero-order chi connectivity index (χ0) is 10.1. The van der Waals surface area contributed by atoms with E-state index in [9.17, 15) is 0 Å². The van der Waals surface area contributed by atoms with E-state index < -0.39 is 0 Å². The molecule has 3 aromatic rings. The molecule has 0 spiro atoms. The highest BCUT2D eigenvalue weighted by Gasteiger charge is 2.03. The fraction of sp³-hybridized carbons (Fsp3) is 0. The first-order valence-corrected chi connectivity index (χ1v) is 4.70. The summed E-state index contributed by atoms with van der Waals surface area (Å²) in [6.07, 6.45) is 1.55. The Kier molecular flexibility index (Phi) is 1.75.